The first-order valence-corrected chi connectivity index (χ1v) is 7.11. The fourth-order valence-corrected chi connectivity index (χ4v) is 3.28. The molecule has 102 valence electrons. The number of hydrogen-bond acceptors (Lipinski definition) is 3. The highest BCUT2D eigenvalue weighted by Crippen LogP contribution is 2.20. The van der Waals surface area contributed by atoms with Crippen LogP contribution < -0.4 is 4.72 Å². The standard InChI is InChI=1S/C11H18N2O4S/c1-4-11(2,3)12-18(16,17)13-7-5-9(6-8-13)10(14)15/h1,9,12H,5-8H2,2-3H3,(H,14,15). The van der Waals surface area contributed by atoms with E-state index < -0.39 is 27.6 Å². The van der Waals surface area contributed by atoms with E-state index in [1.165, 1.54) is 4.31 Å². The summed E-state index contributed by atoms with van der Waals surface area (Å²) in [5.74, 6) is 1.02. The third-order valence-corrected chi connectivity index (χ3v) is 4.70. The van der Waals surface area contributed by atoms with E-state index in [2.05, 4.69) is 10.6 Å². The number of carboxylic acid groups (broad SMARTS) is 1. The van der Waals surface area contributed by atoms with Gasteiger partial charge in [0.25, 0.3) is 10.2 Å². The lowest BCUT2D eigenvalue weighted by Crippen LogP contribution is -2.52. The number of aliphatic carboxylic acids is 1. The molecule has 1 fully saturated rings. The maximum Gasteiger partial charge on any atom is 0.306 e. The van der Waals surface area contributed by atoms with Crippen LogP contribution in [0.15, 0.2) is 0 Å². The molecule has 0 aliphatic carbocycles. The van der Waals surface area contributed by atoms with Gasteiger partial charge in [-0.25, -0.2) is 0 Å². The zero-order valence-corrected chi connectivity index (χ0v) is 11.3. The summed E-state index contributed by atoms with van der Waals surface area (Å²) in [4.78, 5) is 10.8. The van der Waals surface area contributed by atoms with Gasteiger partial charge in [0, 0.05) is 13.1 Å². The average Bonchev–Trinajstić information content (AvgIpc) is 2.28. The molecule has 1 aliphatic rings. The van der Waals surface area contributed by atoms with E-state index in [9.17, 15) is 13.2 Å². The number of carboxylic acids is 1. The van der Waals surface area contributed by atoms with Crippen LogP contribution in [0.3, 0.4) is 0 Å². The third kappa shape index (κ3) is 3.70. The van der Waals surface area contributed by atoms with Crippen LogP contribution >= 0.6 is 0 Å². The van der Waals surface area contributed by atoms with Crippen molar-refractivity contribution in [1.29, 1.82) is 0 Å². The van der Waals surface area contributed by atoms with E-state index in [-0.39, 0.29) is 13.1 Å². The number of terminal acetylenes is 1. The van der Waals surface area contributed by atoms with Crippen LogP contribution in [0, 0.1) is 18.3 Å². The minimum Gasteiger partial charge on any atom is -0.481 e. The Balaban J connectivity index is 2.68. The lowest BCUT2D eigenvalue weighted by molar-refractivity contribution is -0.142. The van der Waals surface area contributed by atoms with Gasteiger partial charge < -0.3 is 5.11 Å². The monoisotopic (exact) mass is 274 g/mol. The third-order valence-electron chi connectivity index (χ3n) is 2.89. The van der Waals surface area contributed by atoms with Crippen molar-refractivity contribution in [3.8, 4) is 12.3 Å². The van der Waals surface area contributed by atoms with Gasteiger partial charge in [0.2, 0.25) is 0 Å². The molecule has 0 radical (unpaired) electrons. The van der Waals surface area contributed by atoms with Crippen molar-refractivity contribution in [2.75, 3.05) is 13.1 Å². The number of carbonyl (C=O) groups is 1. The summed E-state index contributed by atoms with van der Waals surface area (Å²) in [6, 6.07) is 0. The van der Waals surface area contributed by atoms with Gasteiger partial charge in [0.1, 0.15) is 0 Å². The molecule has 6 nitrogen and oxygen atoms in total. The van der Waals surface area contributed by atoms with Crippen molar-refractivity contribution in [3.63, 3.8) is 0 Å². The highest BCUT2D eigenvalue weighted by molar-refractivity contribution is 7.87. The van der Waals surface area contributed by atoms with E-state index in [4.69, 9.17) is 11.5 Å². The van der Waals surface area contributed by atoms with E-state index >= 15 is 0 Å². The predicted octanol–water partition coefficient (Wildman–Crippen LogP) is 0.0292. The van der Waals surface area contributed by atoms with Crippen molar-refractivity contribution >= 4 is 16.2 Å². The van der Waals surface area contributed by atoms with Crippen LogP contribution in [0.25, 0.3) is 0 Å². The minimum atomic E-state index is -3.65. The first-order chi connectivity index (χ1) is 8.18. The largest absolute Gasteiger partial charge is 0.481 e. The molecule has 0 saturated carbocycles. The van der Waals surface area contributed by atoms with E-state index in [1.54, 1.807) is 13.8 Å². The molecular weight excluding hydrogens is 256 g/mol. The van der Waals surface area contributed by atoms with E-state index in [0.29, 0.717) is 12.8 Å². The summed E-state index contributed by atoms with van der Waals surface area (Å²) in [6.07, 6.45) is 5.88. The van der Waals surface area contributed by atoms with E-state index in [1.807, 2.05) is 0 Å². The van der Waals surface area contributed by atoms with Gasteiger partial charge in [0.05, 0.1) is 11.5 Å². The van der Waals surface area contributed by atoms with Gasteiger partial charge in [0.15, 0.2) is 0 Å². The molecule has 1 rings (SSSR count). The molecule has 1 heterocycles. The van der Waals surface area contributed by atoms with Crippen molar-refractivity contribution in [2.24, 2.45) is 5.92 Å². The highest BCUT2D eigenvalue weighted by Gasteiger charge is 2.33. The Bertz CT molecular complexity index is 456. The zero-order valence-electron chi connectivity index (χ0n) is 10.5. The van der Waals surface area contributed by atoms with Crippen LogP contribution in [0.4, 0.5) is 0 Å². The smallest absolute Gasteiger partial charge is 0.306 e. The van der Waals surface area contributed by atoms with Gasteiger partial charge in [-0.2, -0.15) is 17.4 Å². The van der Waals surface area contributed by atoms with Crippen LogP contribution in [0.2, 0.25) is 0 Å². The fourth-order valence-electron chi connectivity index (χ4n) is 1.76. The van der Waals surface area contributed by atoms with Gasteiger partial charge in [-0.1, -0.05) is 5.92 Å². The second-order valence-electron chi connectivity index (χ2n) is 4.89. The van der Waals surface area contributed by atoms with Gasteiger partial charge in [-0.3, -0.25) is 4.79 Å². The summed E-state index contributed by atoms with van der Waals surface area (Å²) in [5.41, 5.74) is -0.956. The molecule has 0 atom stereocenters. The van der Waals surface area contributed by atoms with Gasteiger partial charge in [-0.05, 0) is 26.7 Å². The number of nitrogens with one attached hydrogen (secondary N) is 1. The summed E-state index contributed by atoms with van der Waals surface area (Å²) in [7, 11) is -3.65. The second kappa shape index (κ2) is 5.26. The first-order valence-electron chi connectivity index (χ1n) is 5.67. The normalized spacial score (nSPS) is 19.4. The van der Waals surface area contributed by atoms with Gasteiger partial charge in [-0.15, -0.1) is 6.42 Å². The van der Waals surface area contributed by atoms with Crippen LogP contribution in [-0.4, -0.2) is 42.4 Å². The average molecular weight is 274 g/mol. The number of nitrogens with zero attached hydrogens (tertiary/aromatic N) is 1. The highest BCUT2D eigenvalue weighted by atomic mass is 32.2. The molecule has 2 N–H and O–H groups in total. The topological polar surface area (TPSA) is 86.7 Å². The van der Waals surface area contributed by atoms with Crippen molar-refractivity contribution in [2.45, 2.75) is 32.2 Å². The predicted molar refractivity (Wildman–Crippen MR) is 66.9 cm³/mol. The Morgan fingerprint density at radius 3 is 2.33 bits per heavy atom. The van der Waals surface area contributed by atoms with Crippen molar-refractivity contribution in [3.05, 3.63) is 0 Å². The zero-order chi connectivity index (χ0) is 14.0. The lowest BCUT2D eigenvalue weighted by atomic mass is 9.99. The Kier molecular flexibility index (Phi) is 4.37. The maximum absolute atomic E-state index is 12.0. The second-order valence-corrected chi connectivity index (χ2v) is 6.56. The summed E-state index contributed by atoms with van der Waals surface area (Å²) in [5, 5.41) is 8.84. The molecule has 7 heteroatoms. The van der Waals surface area contributed by atoms with E-state index in [0.717, 1.165) is 0 Å². The first kappa shape index (κ1) is 15.0. The molecule has 0 aromatic rings. The quantitative estimate of drug-likeness (QED) is 0.708. The van der Waals surface area contributed by atoms with Gasteiger partial charge >= 0.3 is 5.97 Å². The molecule has 0 spiro atoms. The van der Waals surface area contributed by atoms with Crippen molar-refractivity contribution in [1.82, 2.24) is 9.03 Å². The summed E-state index contributed by atoms with van der Waals surface area (Å²) >= 11 is 0. The Morgan fingerprint density at radius 2 is 1.94 bits per heavy atom. The summed E-state index contributed by atoms with van der Waals surface area (Å²) in [6.45, 7) is 3.59. The molecule has 0 aromatic heterocycles. The SMILES string of the molecule is C#CC(C)(C)NS(=O)(=O)N1CCC(C(=O)O)CC1. The Morgan fingerprint density at radius 1 is 1.44 bits per heavy atom. The number of piperidine rings is 1. The summed E-state index contributed by atoms with van der Waals surface area (Å²) < 4.78 is 27.7. The lowest BCUT2D eigenvalue weighted by Gasteiger charge is -2.31. The molecule has 0 amide bonds. The fraction of sp³-hybridized carbons (Fsp3) is 0.727. The molecule has 18 heavy (non-hydrogen) atoms. The van der Waals surface area contributed by atoms with Crippen LogP contribution in [0.5, 0.6) is 0 Å². The molecule has 0 aromatic carbocycles. The van der Waals surface area contributed by atoms with Crippen LogP contribution in [-0.2, 0) is 15.0 Å². The Hall–Kier alpha value is -1.10. The maximum atomic E-state index is 12.0. The van der Waals surface area contributed by atoms with Crippen molar-refractivity contribution < 1.29 is 18.3 Å². The molecule has 1 aliphatic heterocycles. The molecule has 1 saturated heterocycles. The Labute approximate surface area is 108 Å². The minimum absolute atomic E-state index is 0.201. The number of rotatable bonds is 4. The number of hydrogen-bond donors (Lipinski definition) is 2. The molecule has 0 bridgehead atoms. The molecular formula is C11H18N2O4S. The van der Waals surface area contributed by atoms with Crippen LogP contribution in [0.1, 0.15) is 26.7 Å². The molecule has 0 unspecified atom stereocenters.